The molecule has 0 unspecified atom stereocenters. The lowest BCUT2D eigenvalue weighted by Crippen LogP contribution is -2.34. The molecule has 0 aliphatic carbocycles. The van der Waals surface area contributed by atoms with Gasteiger partial charge in [0.1, 0.15) is 26.2 Å². The van der Waals surface area contributed by atoms with Gasteiger partial charge < -0.3 is 0 Å². The molecule has 0 aliphatic rings. The molecule has 0 saturated carbocycles. The Balaban J connectivity index is 1.36. The number of aryl methyl sites for hydroxylation is 4. The first kappa shape index (κ1) is 53.8. The molecule has 5 aromatic carbocycles. The average Bonchev–Trinajstić information content (AvgIpc) is 3.59. The number of hydrogen-bond donors (Lipinski definition) is 0. The molecule has 4 nitrogen and oxygen atoms in total. The summed E-state index contributed by atoms with van der Waals surface area (Å²) in [6.45, 7) is 3.20. The van der Waals surface area contributed by atoms with Gasteiger partial charge in [-0.25, -0.2) is 18.3 Å². The molecule has 4 heterocycles. The summed E-state index contributed by atoms with van der Waals surface area (Å²) in [6, 6.07) is 57.7. The molecular weight excluding hydrogens is 945 g/mol. The van der Waals surface area contributed by atoms with E-state index in [1.54, 1.807) is 0 Å². The standard InChI is InChI=1S/C74H70N4/c1-5-9-25-37-75-51-63(41-59-29-17-13-18-30-59)45-67(55-75)71-49-73(69-47-65(43-61-33-21-15-22-34-61)53-77(57-69)39-27-11-7-3)74(70-48-66(44-62-35-23-16-24-36-62)54-78(58-70)40-28-12-8-4)50-72(71)68-46-64(42-60-31-19-14-20-32-60)52-76(56-68)38-26-10-6-2/h1-4,13-24,29-36,45-58H,9-12,25-28,37-44H2/q+4. The number of benzene rings is 5. The minimum absolute atomic E-state index is 0.704. The van der Waals surface area contributed by atoms with Gasteiger partial charge in [-0.2, -0.15) is 0 Å². The fraction of sp³-hybridized carbons (Fsp3) is 0.216. The maximum atomic E-state index is 5.87. The Kier molecular flexibility index (Phi) is 19.1. The number of aromatic nitrogens is 4. The molecule has 0 aliphatic heterocycles. The van der Waals surface area contributed by atoms with Crippen LogP contribution in [0, 0.1) is 49.4 Å². The van der Waals surface area contributed by atoms with Gasteiger partial charge in [-0.05, 0) is 80.9 Å². The van der Waals surface area contributed by atoms with E-state index in [0.29, 0.717) is 25.7 Å². The molecule has 9 rings (SSSR count). The second-order valence-corrected chi connectivity index (χ2v) is 20.5. The molecule has 0 N–H and O–H groups in total. The fourth-order valence-electron chi connectivity index (χ4n) is 10.6. The van der Waals surface area contributed by atoms with Gasteiger partial charge in [0.25, 0.3) is 0 Å². The zero-order chi connectivity index (χ0) is 53.7. The van der Waals surface area contributed by atoms with Gasteiger partial charge >= 0.3 is 0 Å². The third-order valence-electron chi connectivity index (χ3n) is 14.3. The molecule has 0 amide bonds. The summed E-state index contributed by atoms with van der Waals surface area (Å²) in [4.78, 5) is 0. The van der Waals surface area contributed by atoms with Crippen LogP contribution in [0.1, 0.15) is 95.9 Å². The van der Waals surface area contributed by atoms with Crippen molar-refractivity contribution >= 4 is 0 Å². The lowest BCUT2D eigenvalue weighted by Gasteiger charge is -2.18. The van der Waals surface area contributed by atoms with E-state index in [4.69, 9.17) is 25.7 Å². The lowest BCUT2D eigenvalue weighted by atomic mass is 9.85. The topological polar surface area (TPSA) is 15.5 Å². The van der Waals surface area contributed by atoms with E-state index in [2.05, 4.69) is 249 Å². The van der Waals surface area contributed by atoms with E-state index in [1.165, 1.54) is 44.5 Å². The van der Waals surface area contributed by atoms with Gasteiger partial charge in [0.2, 0.25) is 0 Å². The Morgan fingerprint density at radius 1 is 0.256 bits per heavy atom. The smallest absolute Gasteiger partial charge is 0.176 e. The normalized spacial score (nSPS) is 10.8. The van der Waals surface area contributed by atoms with E-state index in [9.17, 15) is 0 Å². The third kappa shape index (κ3) is 15.1. The van der Waals surface area contributed by atoms with Crippen molar-refractivity contribution in [1.29, 1.82) is 0 Å². The van der Waals surface area contributed by atoms with Crippen LogP contribution in [0.3, 0.4) is 0 Å². The number of rotatable bonds is 24. The van der Waals surface area contributed by atoms with Gasteiger partial charge in [0, 0.05) is 122 Å². The highest BCUT2D eigenvalue weighted by atomic mass is 14.9. The van der Waals surface area contributed by atoms with Crippen molar-refractivity contribution in [1.82, 2.24) is 0 Å². The number of hydrogen-bond acceptors (Lipinski definition) is 0. The fourth-order valence-corrected chi connectivity index (χ4v) is 10.6. The van der Waals surface area contributed by atoms with Crippen molar-refractivity contribution in [2.24, 2.45) is 0 Å². The first-order chi connectivity index (χ1) is 38.4. The summed E-state index contributed by atoms with van der Waals surface area (Å²) < 4.78 is 9.45. The molecule has 78 heavy (non-hydrogen) atoms. The zero-order valence-electron chi connectivity index (χ0n) is 45.0. The van der Waals surface area contributed by atoms with Crippen LogP contribution >= 0.6 is 0 Å². The van der Waals surface area contributed by atoms with Crippen LogP contribution in [-0.2, 0) is 51.9 Å². The molecule has 0 spiro atoms. The molecular formula is C74H70N4+4. The predicted molar refractivity (Wildman–Crippen MR) is 318 cm³/mol. The van der Waals surface area contributed by atoms with Crippen molar-refractivity contribution in [3.63, 3.8) is 0 Å². The Bertz CT molecular complexity index is 3130. The summed E-state index contributed by atoms with van der Waals surface area (Å²) >= 11 is 0. The summed E-state index contributed by atoms with van der Waals surface area (Å²) in [5.41, 5.74) is 19.1. The lowest BCUT2D eigenvalue weighted by molar-refractivity contribution is -0.697. The monoisotopic (exact) mass is 1010 g/mol. The van der Waals surface area contributed by atoms with E-state index in [0.717, 1.165) is 122 Å². The molecule has 0 radical (unpaired) electrons. The first-order valence-corrected chi connectivity index (χ1v) is 27.6. The van der Waals surface area contributed by atoms with Gasteiger partial charge in [0.05, 0.1) is 0 Å². The van der Waals surface area contributed by atoms with Gasteiger partial charge in [0.15, 0.2) is 49.6 Å². The third-order valence-corrected chi connectivity index (χ3v) is 14.3. The Hall–Kier alpha value is -9.06. The second-order valence-electron chi connectivity index (χ2n) is 20.5. The predicted octanol–water partition coefficient (Wildman–Crippen LogP) is 13.5. The van der Waals surface area contributed by atoms with Crippen molar-refractivity contribution in [3.05, 3.63) is 252 Å². The van der Waals surface area contributed by atoms with Crippen LogP contribution in [0.15, 0.2) is 207 Å². The largest absolute Gasteiger partial charge is 0.204 e. The van der Waals surface area contributed by atoms with Crippen LogP contribution < -0.4 is 18.3 Å². The van der Waals surface area contributed by atoms with Crippen LogP contribution in [0.25, 0.3) is 44.5 Å². The maximum Gasteiger partial charge on any atom is 0.176 e. The SMILES string of the molecule is C#CCCC[n+]1cc(Cc2ccccc2)cc(-c2cc(-c3cc(Cc4ccccc4)c[n+](CCCC#C)c3)c(-c3cc(Cc4ccccc4)c[n+](CCCC#C)c3)cc2-c2cc(Cc3ccccc3)c[n+](CCCC#C)c2)c1. The summed E-state index contributed by atoms with van der Waals surface area (Å²) in [7, 11) is 0. The minimum atomic E-state index is 0.704. The Morgan fingerprint density at radius 2 is 0.474 bits per heavy atom. The number of pyridine rings is 4. The first-order valence-electron chi connectivity index (χ1n) is 27.6. The van der Waals surface area contributed by atoms with Crippen molar-refractivity contribution < 1.29 is 18.3 Å². The molecule has 0 bridgehead atoms. The highest BCUT2D eigenvalue weighted by Gasteiger charge is 2.25. The van der Waals surface area contributed by atoms with E-state index in [-0.39, 0.29) is 0 Å². The molecule has 0 saturated heterocycles. The summed E-state index contributed by atoms with van der Waals surface area (Å²) in [5.74, 6) is 11.6. The molecule has 382 valence electrons. The maximum absolute atomic E-state index is 5.87. The van der Waals surface area contributed by atoms with Crippen LogP contribution in [0.4, 0.5) is 0 Å². The molecule has 0 atom stereocenters. The van der Waals surface area contributed by atoms with Crippen LogP contribution in [-0.4, -0.2) is 0 Å². The molecule has 9 aromatic rings. The molecule has 4 aromatic heterocycles. The van der Waals surface area contributed by atoms with Crippen molar-refractivity contribution in [3.8, 4) is 93.9 Å². The summed E-state index contributed by atoms with van der Waals surface area (Å²) in [5, 5.41) is 0. The van der Waals surface area contributed by atoms with Gasteiger partial charge in [-0.3, -0.25) is 0 Å². The van der Waals surface area contributed by atoms with Crippen LogP contribution in [0.2, 0.25) is 0 Å². The van der Waals surface area contributed by atoms with Gasteiger partial charge in [-0.15, -0.1) is 49.4 Å². The molecule has 4 heteroatoms. The highest BCUT2D eigenvalue weighted by Crippen LogP contribution is 2.42. The minimum Gasteiger partial charge on any atom is -0.204 e. The molecule has 0 fully saturated rings. The number of nitrogens with zero attached hydrogens (tertiary/aromatic N) is 4. The van der Waals surface area contributed by atoms with Gasteiger partial charge in [-0.1, -0.05) is 121 Å². The van der Waals surface area contributed by atoms with E-state index in [1.807, 2.05) is 0 Å². The van der Waals surface area contributed by atoms with Crippen molar-refractivity contribution in [2.75, 3.05) is 0 Å². The Morgan fingerprint density at radius 3 is 0.679 bits per heavy atom. The number of terminal acetylenes is 4. The highest BCUT2D eigenvalue weighted by molar-refractivity contribution is 5.94. The quantitative estimate of drug-likeness (QED) is 0.0326. The second kappa shape index (κ2) is 27.6. The average molecular weight is 1020 g/mol. The number of unbranched alkanes of at least 4 members (excludes halogenated alkanes) is 4. The summed E-state index contributed by atoms with van der Waals surface area (Å²) in [6.07, 6.45) is 51.6. The van der Waals surface area contributed by atoms with Crippen molar-refractivity contribution in [2.45, 2.75) is 103 Å². The van der Waals surface area contributed by atoms with E-state index >= 15 is 0 Å². The van der Waals surface area contributed by atoms with E-state index < -0.39 is 0 Å². The zero-order valence-corrected chi connectivity index (χ0v) is 45.0. The van der Waals surface area contributed by atoms with Crippen LogP contribution in [0.5, 0.6) is 0 Å². The Labute approximate surface area is 464 Å².